The Morgan fingerprint density at radius 1 is 1.59 bits per heavy atom. The van der Waals surface area contributed by atoms with Gasteiger partial charge in [0.15, 0.2) is 5.58 Å². The number of aryl methyl sites for hydroxylation is 1. The summed E-state index contributed by atoms with van der Waals surface area (Å²) in [5.74, 6) is -1.10. The highest BCUT2D eigenvalue weighted by molar-refractivity contribution is 6.32. The third kappa shape index (κ3) is 2.31. The maximum atomic E-state index is 11.5. The first-order chi connectivity index (χ1) is 8.11. The van der Waals surface area contributed by atoms with Crippen LogP contribution in [-0.2, 0) is 16.2 Å². The van der Waals surface area contributed by atoms with Crippen molar-refractivity contribution in [3.8, 4) is 5.75 Å². The summed E-state index contributed by atoms with van der Waals surface area (Å²) >= 11 is 5.74. The van der Waals surface area contributed by atoms with Crippen LogP contribution in [-0.4, -0.2) is 16.2 Å². The Bertz CT molecular complexity index is 569. The Morgan fingerprint density at radius 3 is 3.06 bits per heavy atom. The normalized spacial score (nSPS) is 10.7. The number of carbonyl (C=O) groups excluding carboxylic acids is 1. The average molecular weight is 260 g/mol. The summed E-state index contributed by atoms with van der Waals surface area (Å²) in [6.07, 6.45) is 0.00743. The number of phenols is 1. The number of halogens is 2. The molecule has 0 atom stereocenters. The molecule has 2 rings (SSSR count). The highest BCUT2D eigenvalue weighted by Crippen LogP contribution is 2.31. The van der Waals surface area contributed by atoms with Gasteiger partial charge < -0.3 is 9.63 Å². The van der Waals surface area contributed by atoms with Crippen LogP contribution in [0.25, 0.3) is 11.0 Å². The van der Waals surface area contributed by atoms with E-state index >= 15 is 0 Å². The summed E-state index contributed by atoms with van der Waals surface area (Å²) in [4.78, 5) is 13.7. The fraction of sp³-hybridized carbons (Fsp3) is 0.200. The summed E-state index contributed by atoms with van der Waals surface area (Å²) in [6.45, 7) is 0. The van der Waals surface area contributed by atoms with E-state index in [-0.39, 0.29) is 23.6 Å². The summed E-state index contributed by atoms with van der Waals surface area (Å²) in [7, 11) is 0. The number of aromatic hydroxyl groups is 1. The van der Waals surface area contributed by atoms with Gasteiger partial charge in [0.25, 0.3) is 0 Å². The number of benzene rings is 1. The first-order valence-electron chi connectivity index (χ1n) is 4.70. The molecule has 7 heteroatoms. The van der Waals surface area contributed by atoms with Crippen molar-refractivity contribution < 1.29 is 23.9 Å². The molecule has 0 bridgehead atoms. The Morgan fingerprint density at radius 2 is 2.35 bits per heavy atom. The van der Waals surface area contributed by atoms with Crippen LogP contribution in [0.4, 0.5) is 4.53 Å². The van der Waals surface area contributed by atoms with Crippen molar-refractivity contribution >= 4 is 28.5 Å². The largest absolute Gasteiger partial charge is 0.506 e. The molecule has 5 nitrogen and oxygen atoms in total. The molecule has 1 aromatic heterocycles. The van der Waals surface area contributed by atoms with Crippen molar-refractivity contribution in [3.63, 3.8) is 0 Å². The van der Waals surface area contributed by atoms with Gasteiger partial charge in [-0.3, -0.25) is 4.94 Å². The van der Waals surface area contributed by atoms with Crippen LogP contribution >= 0.6 is 11.6 Å². The molecule has 0 amide bonds. The fourth-order valence-electron chi connectivity index (χ4n) is 1.44. The Kier molecular flexibility index (Phi) is 3.14. The fourth-order valence-corrected chi connectivity index (χ4v) is 1.60. The zero-order chi connectivity index (χ0) is 12.4. The van der Waals surface area contributed by atoms with Gasteiger partial charge in [0.2, 0.25) is 0 Å². The zero-order valence-corrected chi connectivity index (χ0v) is 9.20. The van der Waals surface area contributed by atoms with Crippen molar-refractivity contribution in [1.82, 2.24) is 5.16 Å². The third-order valence-corrected chi connectivity index (χ3v) is 2.57. The molecular weight excluding hydrogens is 253 g/mol. The molecule has 0 aliphatic carbocycles. The lowest BCUT2D eigenvalue weighted by molar-refractivity contribution is -0.183. The maximum absolute atomic E-state index is 11.5. The van der Waals surface area contributed by atoms with E-state index in [2.05, 4.69) is 10.1 Å². The van der Waals surface area contributed by atoms with E-state index in [1.807, 2.05) is 0 Å². The predicted molar refractivity (Wildman–Crippen MR) is 56.2 cm³/mol. The van der Waals surface area contributed by atoms with Gasteiger partial charge in [-0.15, -0.1) is 0 Å². The van der Waals surface area contributed by atoms with E-state index in [0.29, 0.717) is 16.7 Å². The number of carbonyl (C=O) groups is 1. The first kappa shape index (κ1) is 11.7. The van der Waals surface area contributed by atoms with Gasteiger partial charge in [0.05, 0.1) is 17.1 Å². The number of nitrogens with zero attached hydrogens (tertiary/aromatic N) is 1. The highest BCUT2D eigenvalue weighted by atomic mass is 35.5. The van der Waals surface area contributed by atoms with E-state index in [9.17, 15) is 14.4 Å². The molecule has 1 heterocycles. The first-order valence-corrected chi connectivity index (χ1v) is 5.08. The molecule has 0 radical (unpaired) electrons. The lowest BCUT2D eigenvalue weighted by atomic mass is 10.1. The summed E-state index contributed by atoms with van der Waals surface area (Å²) in [5.41, 5.74) is 0.794. The molecule has 1 aromatic carbocycles. The number of fused-ring (bicyclic) bond motifs is 1. The van der Waals surface area contributed by atoms with Crippen molar-refractivity contribution in [3.05, 3.63) is 22.8 Å². The van der Waals surface area contributed by atoms with Gasteiger partial charge in [-0.25, -0.2) is 4.79 Å². The maximum Gasteiger partial charge on any atom is 0.349 e. The number of aromatic nitrogens is 1. The van der Waals surface area contributed by atoms with Crippen LogP contribution in [0, 0.1) is 0 Å². The SMILES string of the molecule is O=C(CCc1noc2cc(O)c(Cl)cc12)OF. The number of phenolic OH excluding ortho intramolecular Hbond substituents is 1. The predicted octanol–water partition coefficient (Wildman–Crippen LogP) is 2.55. The minimum atomic E-state index is -0.981. The molecule has 1 N–H and O–H groups in total. The van der Waals surface area contributed by atoms with E-state index in [1.165, 1.54) is 12.1 Å². The van der Waals surface area contributed by atoms with Crippen molar-refractivity contribution in [2.45, 2.75) is 12.8 Å². The van der Waals surface area contributed by atoms with Gasteiger partial charge >= 0.3 is 5.97 Å². The van der Waals surface area contributed by atoms with Crippen molar-refractivity contribution in [2.75, 3.05) is 0 Å². The van der Waals surface area contributed by atoms with E-state index in [1.54, 1.807) is 0 Å². The second kappa shape index (κ2) is 4.58. The Balaban J connectivity index is 2.29. The summed E-state index contributed by atoms with van der Waals surface area (Å²) in [6, 6.07) is 2.79. The lowest BCUT2D eigenvalue weighted by Gasteiger charge is -1.96. The molecule has 0 aliphatic rings. The van der Waals surface area contributed by atoms with Gasteiger partial charge in [0, 0.05) is 22.4 Å². The number of hydrogen-bond donors (Lipinski definition) is 1. The smallest absolute Gasteiger partial charge is 0.349 e. The average Bonchev–Trinajstić information content (AvgIpc) is 2.69. The number of rotatable bonds is 3. The molecule has 0 fully saturated rings. The molecule has 0 spiro atoms. The second-order valence-electron chi connectivity index (χ2n) is 3.38. The quantitative estimate of drug-likeness (QED) is 0.917. The molecule has 0 saturated carbocycles. The van der Waals surface area contributed by atoms with Gasteiger partial charge in [0.1, 0.15) is 5.75 Å². The van der Waals surface area contributed by atoms with Crippen LogP contribution in [0.5, 0.6) is 5.75 Å². The Labute approximate surface area is 99.6 Å². The molecule has 0 saturated heterocycles. The standard InChI is InChI=1S/C10H7ClFNO4/c11-6-3-5-7(1-2-10(15)16-12)13-17-9(5)4-8(6)14/h3-4,14H,1-2H2. The van der Waals surface area contributed by atoms with E-state index in [0.717, 1.165) is 0 Å². The molecule has 17 heavy (non-hydrogen) atoms. The van der Waals surface area contributed by atoms with Crippen LogP contribution in [0.1, 0.15) is 12.1 Å². The van der Waals surface area contributed by atoms with Crippen LogP contribution in [0.2, 0.25) is 5.02 Å². The summed E-state index contributed by atoms with van der Waals surface area (Å²) in [5, 5.41) is 13.8. The van der Waals surface area contributed by atoms with Gasteiger partial charge in [-0.05, 0) is 6.07 Å². The third-order valence-electron chi connectivity index (χ3n) is 2.27. The minimum Gasteiger partial charge on any atom is -0.506 e. The van der Waals surface area contributed by atoms with Crippen LogP contribution < -0.4 is 0 Å². The van der Waals surface area contributed by atoms with Gasteiger partial charge in [-0.2, -0.15) is 0 Å². The molecule has 90 valence electrons. The lowest BCUT2D eigenvalue weighted by Crippen LogP contribution is -2.00. The molecule has 2 aromatic rings. The minimum absolute atomic E-state index is 0.120. The van der Waals surface area contributed by atoms with E-state index < -0.39 is 5.97 Å². The van der Waals surface area contributed by atoms with Crippen LogP contribution in [0.15, 0.2) is 16.7 Å². The molecular formula is C10H7ClFNO4. The number of hydrogen-bond acceptors (Lipinski definition) is 5. The summed E-state index contributed by atoms with van der Waals surface area (Å²) < 4.78 is 16.4. The monoisotopic (exact) mass is 259 g/mol. The Hall–Kier alpha value is -1.82. The van der Waals surface area contributed by atoms with Gasteiger partial charge in [-0.1, -0.05) is 16.8 Å². The topological polar surface area (TPSA) is 72.6 Å². The van der Waals surface area contributed by atoms with Crippen molar-refractivity contribution in [2.24, 2.45) is 0 Å². The highest BCUT2D eigenvalue weighted by Gasteiger charge is 2.13. The molecule has 0 unspecified atom stereocenters. The van der Waals surface area contributed by atoms with Crippen molar-refractivity contribution in [1.29, 1.82) is 0 Å². The molecule has 0 aliphatic heterocycles. The van der Waals surface area contributed by atoms with E-state index in [4.69, 9.17) is 16.1 Å². The second-order valence-corrected chi connectivity index (χ2v) is 3.79. The van der Waals surface area contributed by atoms with Crippen LogP contribution in [0.3, 0.4) is 0 Å². The zero-order valence-electron chi connectivity index (χ0n) is 8.44.